The lowest BCUT2D eigenvalue weighted by Gasteiger charge is -2.13. The molecule has 0 unspecified atom stereocenters. The summed E-state index contributed by atoms with van der Waals surface area (Å²) in [6, 6.07) is 20.1. The van der Waals surface area contributed by atoms with Crippen LogP contribution in [0.15, 0.2) is 83.3 Å². The summed E-state index contributed by atoms with van der Waals surface area (Å²) in [5, 5.41) is 8.89. The second-order valence-electron chi connectivity index (χ2n) is 6.67. The molecule has 5 nitrogen and oxygen atoms in total. The van der Waals surface area contributed by atoms with Crippen LogP contribution >= 0.6 is 0 Å². The van der Waals surface area contributed by atoms with Crippen molar-refractivity contribution in [1.82, 2.24) is 0 Å². The molecule has 0 spiro atoms. The lowest BCUT2D eigenvalue weighted by molar-refractivity contribution is -0.671. The third-order valence-electron chi connectivity index (χ3n) is 4.35. The fourth-order valence-corrected chi connectivity index (χ4v) is 2.77. The molecule has 3 aromatic rings. The van der Waals surface area contributed by atoms with E-state index in [0.717, 1.165) is 33.8 Å². The Morgan fingerprint density at radius 1 is 0.964 bits per heavy atom. The average molecular weight is 373 g/mol. The maximum absolute atomic E-state index is 5.19. The predicted molar refractivity (Wildman–Crippen MR) is 115 cm³/mol. The van der Waals surface area contributed by atoms with Crippen LogP contribution in [0.1, 0.15) is 16.7 Å². The number of aryl methyl sites for hydroxylation is 1. The average Bonchev–Trinajstić information content (AvgIpc) is 2.72. The Hall–Kier alpha value is -3.47. The molecule has 0 N–H and O–H groups in total. The summed E-state index contributed by atoms with van der Waals surface area (Å²) in [7, 11) is 7.71. The van der Waals surface area contributed by atoms with Gasteiger partial charge in [-0.2, -0.15) is 5.10 Å². The number of benzene rings is 2. The molecule has 0 amide bonds. The first-order valence-corrected chi connectivity index (χ1v) is 9.05. The van der Waals surface area contributed by atoms with Crippen molar-refractivity contribution in [3.8, 4) is 5.75 Å². The highest BCUT2D eigenvalue weighted by molar-refractivity contribution is 6.12. The molecule has 5 heteroatoms. The lowest BCUT2D eigenvalue weighted by Crippen LogP contribution is -2.28. The molecule has 0 saturated heterocycles. The van der Waals surface area contributed by atoms with Gasteiger partial charge in [-0.05, 0) is 48.0 Å². The molecule has 0 fully saturated rings. The summed E-state index contributed by atoms with van der Waals surface area (Å²) in [6.07, 6.45) is 5.79. The van der Waals surface area contributed by atoms with E-state index in [1.165, 1.54) is 0 Å². The van der Waals surface area contributed by atoms with E-state index >= 15 is 0 Å². The minimum absolute atomic E-state index is 0.819. The molecular weight excluding hydrogens is 348 g/mol. The van der Waals surface area contributed by atoms with Crippen molar-refractivity contribution in [2.24, 2.45) is 17.3 Å². The van der Waals surface area contributed by atoms with Crippen molar-refractivity contribution >= 4 is 17.6 Å². The minimum Gasteiger partial charge on any atom is -0.497 e. The second kappa shape index (κ2) is 8.95. The van der Waals surface area contributed by atoms with Crippen molar-refractivity contribution in [3.05, 3.63) is 89.7 Å². The van der Waals surface area contributed by atoms with Crippen molar-refractivity contribution in [2.75, 3.05) is 26.1 Å². The Morgan fingerprint density at radius 2 is 1.68 bits per heavy atom. The Bertz CT molecular complexity index is 974. The Balaban J connectivity index is 1.95. The molecule has 28 heavy (non-hydrogen) atoms. The van der Waals surface area contributed by atoms with Crippen LogP contribution in [0.2, 0.25) is 0 Å². The van der Waals surface area contributed by atoms with Gasteiger partial charge in [0.25, 0.3) is 0 Å². The van der Waals surface area contributed by atoms with E-state index in [2.05, 4.69) is 39.4 Å². The Morgan fingerprint density at radius 3 is 2.29 bits per heavy atom. The van der Waals surface area contributed by atoms with Crippen LogP contribution in [0.5, 0.6) is 5.75 Å². The van der Waals surface area contributed by atoms with Gasteiger partial charge in [0.1, 0.15) is 18.5 Å². The predicted octanol–water partition coefficient (Wildman–Crippen LogP) is 3.46. The number of ether oxygens (including phenoxy) is 1. The molecule has 0 aliphatic heterocycles. The van der Waals surface area contributed by atoms with Gasteiger partial charge >= 0.3 is 0 Å². The Labute approximate surface area is 166 Å². The van der Waals surface area contributed by atoms with E-state index in [9.17, 15) is 0 Å². The summed E-state index contributed by atoms with van der Waals surface area (Å²) in [4.78, 5) is 2.07. The van der Waals surface area contributed by atoms with E-state index in [4.69, 9.17) is 4.74 Å². The van der Waals surface area contributed by atoms with Gasteiger partial charge in [-0.1, -0.05) is 12.1 Å². The van der Waals surface area contributed by atoms with Gasteiger partial charge in [0, 0.05) is 31.4 Å². The van der Waals surface area contributed by atoms with Gasteiger partial charge in [0.2, 0.25) is 0 Å². The van der Waals surface area contributed by atoms with Gasteiger partial charge in [-0.15, -0.1) is 5.10 Å². The largest absolute Gasteiger partial charge is 0.497 e. The lowest BCUT2D eigenvalue weighted by atomic mass is 10.0. The molecular formula is C23H25N4O+. The minimum atomic E-state index is 0.819. The van der Waals surface area contributed by atoms with Crippen molar-refractivity contribution in [1.29, 1.82) is 0 Å². The highest BCUT2D eigenvalue weighted by atomic mass is 16.5. The fraction of sp³-hybridized carbons (Fsp3) is 0.174. The molecule has 0 aliphatic carbocycles. The number of anilines is 1. The van der Waals surface area contributed by atoms with E-state index in [0.29, 0.717) is 0 Å². The van der Waals surface area contributed by atoms with Crippen LogP contribution in [0.4, 0.5) is 5.69 Å². The summed E-state index contributed by atoms with van der Waals surface area (Å²) in [5.74, 6) is 0.819. The number of pyridine rings is 1. The highest BCUT2D eigenvalue weighted by Crippen LogP contribution is 2.16. The molecule has 1 heterocycles. The second-order valence-corrected chi connectivity index (χ2v) is 6.67. The van der Waals surface area contributed by atoms with E-state index in [1.54, 1.807) is 13.3 Å². The summed E-state index contributed by atoms with van der Waals surface area (Å²) in [5.41, 5.74) is 4.96. The molecule has 3 rings (SSSR count). The summed E-state index contributed by atoms with van der Waals surface area (Å²) >= 11 is 0. The number of hydrogen-bond donors (Lipinski definition) is 0. The number of methoxy groups -OCH3 is 1. The number of hydrogen-bond acceptors (Lipinski definition) is 4. The zero-order valence-corrected chi connectivity index (χ0v) is 16.7. The first-order chi connectivity index (χ1) is 13.6. The molecule has 2 aromatic carbocycles. The fourth-order valence-electron chi connectivity index (χ4n) is 2.77. The normalized spacial score (nSPS) is 11.6. The Kier molecular flexibility index (Phi) is 6.17. The van der Waals surface area contributed by atoms with Crippen LogP contribution in [-0.4, -0.2) is 33.1 Å². The molecule has 0 radical (unpaired) electrons. The molecule has 0 saturated carbocycles. The zero-order chi connectivity index (χ0) is 19.9. The zero-order valence-electron chi connectivity index (χ0n) is 16.7. The molecule has 1 aromatic heterocycles. The number of aromatic nitrogens is 1. The van der Waals surface area contributed by atoms with E-state index in [-0.39, 0.29) is 0 Å². The van der Waals surface area contributed by atoms with Gasteiger partial charge in [-0.25, -0.2) is 4.57 Å². The monoisotopic (exact) mass is 373 g/mol. The molecule has 0 atom stereocenters. The van der Waals surface area contributed by atoms with E-state index < -0.39 is 0 Å². The van der Waals surface area contributed by atoms with Crippen LogP contribution < -0.4 is 14.2 Å². The molecule has 0 aliphatic rings. The van der Waals surface area contributed by atoms with Crippen LogP contribution in [0, 0.1) is 0 Å². The standard InChI is InChI=1S/C23H25N4O/c1-26(2)21-11-9-19(10-12-21)23(20-6-5-15-27(3)17-20)25-24-16-18-7-13-22(28-4)14-8-18/h5-17H,1-4H3/q+1. The van der Waals surface area contributed by atoms with E-state index in [1.807, 2.05) is 74.5 Å². The third-order valence-corrected chi connectivity index (χ3v) is 4.35. The number of nitrogens with zero attached hydrogens (tertiary/aromatic N) is 4. The smallest absolute Gasteiger partial charge is 0.178 e. The summed E-state index contributed by atoms with van der Waals surface area (Å²) < 4.78 is 7.19. The van der Waals surface area contributed by atoms with Crippen LogP contribution in [-0.2, 0) is 7.05 Å². The molecule has 0 bridgehead atoms. The van der Waals surface area contributed by atoms with Crippen LogP contribution in [0.25, 0.3) is 0 Å². The highest BCUT2D eigenvalue weighted by Gasteiger charge is 2.11. The topological polar surface area (TPSA) is 41.1 Å². The maximum atomic E-state index is 5.19. The first-order valence-electron chi connectivity index (χ1n) is 9.05. The van der Waals surface area contributed by atoms with Gasteiger partial charge in [0.05, 0.1) is 18.9 Å². The van der Waals surface area contributed by atoms with Crippen molar-refractivity contribution in [2.45, 2.75) is 0 Å². The van der Waals surface area contributed by atoms with Gasteiger partial charge < -0.3 is 9.64 Å². The SMILES string of the molecule is COc1ccc(C=NN=C(c2ccc(N(C)C)cc2)c2ccc[n+](C)c2)cc1. The third kappa shape index (κ3) is 4.82. The first kappa shape index (κ1) is 19.3. The van der Waals surface area contributed by atoms with Crippen LogP contribution in [0.3, 0.4) is 0 Å². The van der Waals surface area contributed by atoms with Crippen molar-refractivity contribution in [3.63, 3.8) is 0 Å². The van der Waals surface area contributed by atoms with Gasteiger partial charge in [-0.3, -0.25) is 0 Å². The summed E-state index contributed by atoms with van der Waals surface area (Å²) in [6.45, 7) is 0. The number of rotatable bonds is 6. The quantitative estimate of drug-likeness (QED) is 0.377. The van der Waals surface area contributed by atoms with Gasteiger partial charge in [0.15, 0.2) is 12.4 Å². The van der Waals surface area contributed by atoms with Crippen molar-refractivity contribution < 1.29 is 9.30 Å². The molecule has 142 valence electrons. The maximum Gasteiger partial charge on any atom is 0.178 e.